The molecule has 16 heavy (non-hydrogen) atoms. The van der Waals surface area contributed by atoms with Crippen LogP contribution in [0, 0.1) is 0 Å². The summed E-state index contributed by atoms with van der Waals surface area (Å²) in [6.45, 7) is 3.51. The minimum atomic E-state index is -0.154. The van der Waals surface area contributed by atoms with Crippen LogP contribution in [0.5, 0.6) is 0 Å². The number of esters is 1. The van der Waals surface area contributed by atoms with Gasteiger partial charge in [0.2, 0.25) is 0 Å². The maximum atomic E-state index is 11.4. The van der Waals surface area contributed by atoms with E-state index in [1.807, 2.05) is 19.1 Å². The Hall–Kier alpha value is -1.03. The molecule has 2 rings (SSSR count). The molecule has 1 aromatic rings. The fourth-order valence-electron chi connectivity index (χ4n) is 1.97. The van der Waals surface area contributed by atoms with Gasteiger partial charge in [0.1, 0.15) is 6.54 Å². The Balaban J connectivity index is 2.09. The SMILES string of the molecule is CCOC(=O)CN1CCc2cc(Br)ccc21. The molecule has 0 aliphatic carbocycles. The first-order valence-corrected chi connectivity index (χ1v) is 6.19. The standard InChI is InChI=1S/C12H14BrNO2/c1-2-16-12(15)8-14-6-5-9-7-10(13)3-4-11(9)14/h3-4,7H,2,5-6,8H2,1H3. The minimum Gasteiger partial charge on any atom is -0.465 e. The van der Waals surface area contributed by atoms with Gasteiger partial charge in [-0.1, -0.05) is 15.9 Å². The monoisotopic (exact) mass is 283 g/mol. The number of nitrogens with zero attached hydrogens (tertiary/aromatic N) is 1. The lowest BCUT2D eigenvalue weighted by molar-refractivity contribution is -0.141. The highest BCUT2D eigenvalue weighted by Gasteiger charge is 2.21. The van der Waals surface area contributed by atoms with Crippen molar-refractivity contribution in [3.8, 4) is 0 Å². The van der Waals surface area contributed by atoms with E-state index in [9.17, 15) is 4.79 Å². The number of halogens is 1. The molecule has 0 unspecified atom stereocenters. The normalized spacial score (nSPS) is 13.8. The molecule has 0 fully saturated rings. The van der Waals surface area contributed by atoms with E-state index in [1.165, 1.54) is 5.56 Å². The molecule has 1 aromatic carbocycles. The van der Waals surface area contributed by atoms with Crippen LogP contribution in [0.15, 0.2) is 22.7 Å². The van der Waals surface area contributed by atoms with Crippen molar-refractivity contribution in [3.05, 3.63) is 28.2 Å². The molecular weight excluding hydrogens is 270 g/mol. The van der Waals surface area contributed by atoms with Gasteiger partial charge in [-0.25, -0.2) is 0 Å². The van der Waals surface area contributed by atoms with Crippen molar-refractivity contribution in [2.75, 3.05) is 24.6 Å². The Kier molecular flexibility index (Phi) is 3.49. The van der Waals surface area contributed by atoms with Crippen molar-refractivity contribution < 1.29 is 9.53 Å². The van der Waals surface area contributed by atoms with Crippen molar-refractivity contribution in [2.45, 2.75) is 13.3 Å². The summed E-state index contributed by atoms with van der Waals surface area (Å²) < 4.78 is 6.04. The molecule has 0 bridgehead atoms. The Labute approximate surface area is 104 Å². The van der Waals surface area contributed by atoms with Crippen molar-refractivity contribution in [1.82, 2.24) is 0 Å². The number of carbonyl (C=O) groups is 1. The minimum absolute atomic E-state index is 0.154. The van der Waals surface area contributed by atoms with Crippen LogP contribution in [0.2, 0.25) is 0 Å². The summed E-state index contributed by atoms with van der Waals surface area (Å²) in [4.78, 5) is 13.5. The van der Waals surface area contributed by atoms with E-state index in [4.69, 9.17) is 4.74 Å². The van der Waals surface area contributed by atoms with E-state index < -0.39 is 0 Å². The first-order valence-electron chi connectivity index (χ1n) is 5.39. The van der Waals surface area contributed by atoms with E-state index in [2.05, 4.69) is 26.9 Å². The molecule has 3 nitrogen and oxygen atoms in total. The van der Waals surface area contributed by atoms with Crippen molar-refractivity contribution in [1.29, 1.82) is 0 Å². The number of benzene rings is 1. The number of hydrogen-bond donors (Lipinski definition) is 0. The zero-order valence-electron chi connectivity index (χ0n) is 9.20. The first-order chi connectivity index (χ1) is 7.70. The van der Waals surface area contributed by atoms with E-state index in [0.29, 0.717) is 13.2 Å². The average molecular weight is 284 g/mol. The van der Waals surface area contributed by atoms with E-state index in [-0.39, 0.29) is 5.97 Å². The zero-order valence-corrected chi connectivity index (χ0v) is 10.8. The molecule has 0 atom stereocenters. The lowest BCUT2D eigenvalue weighted by Gasteiger charge is -2.17. The van der Waals surface area contributed by atoms with Gasteiger partial charge in [-0.3, -0.25) is 4.79 Å². The van der Waals surface area contributed by atoms with Gasteiger partial charge >= 0.3 is 5.97 Å². The predicted molar refractivity (Wildman–Crippen MR) is 66.7 cm³/mol. The molecule has 0 saturated carbocycles. The summed E-state index contributed by atoms with van der Waals surface area (Å²) in [5.74, 6) is -0.154. The van der Waals surface area contributed by atoms with Crippen LogP contribution in [-0.4, -0.2) is 25.7 Å². The number of carbonyl (C=O) groups excluding carboxylic acids is 1. The van der Waals surface area contributed by atoms with Gasteiger partial charge in [0, 0.05) is 16.7 Å². The summed E-state index contributed by atoms with van der Waals surface area (Å²) in [7, 11) is 0. The quantitative estimate of drug-likeness (QED) is 0.798. The topological polar surface area (TPSA) is 29.5 Å². The molecule has 0 N–H and O–H groups in total. The molecule has 0 aromatic heterocycles. The molecular formula is C12H14BrNO2. The second kappa shape index (κ2) is 4.87. The second-order valence-corrected chi connectivity index (χ2v) is 4.67. The van der Waals surface area contributed by atoms with E-state index >= 15 is 0 Å². The third-order valence-corrected chi connectivity index (χ3v) is 3.15. The van der Waals surface area contributed by atoms with Gasteiger partial charge < -0.3 is 9.64 Å². The molecule has 1 aliphatic heterocycles. The molecule has 4 heteroatoms. The van der Waals surface area contributed by atoms with Gasteiger partial charge in [-0.05, 0) is 37.1 Å². The molecule has 0 saturated heterocycles. The van der Waals surface area contributed by atoms with Crippen LogP contribution in [0.25, 0.3) is 0 Å². The average Bonchev–Trinajstić information content (AvgIpc) is 2.61. The lowest BCUT2D eigenvalue weighted by atomic mass is 10.2. The number of anilines is 1. The number of fused-ring (bicyclic) bond motifs is 1. The Morgan fingerprint density at radius 2 is 2.38 bits per heavy atom. The maximum absolute atomic E-state index is 11.4. The van der Waals surface area contributed by atoms with Gasteiger partial charge in [-0.2, -0.15) is 0 Å². The largest absolute Gasteiger partial charge is 0.465 e. The Bertz CT molecular complexity index is 406. The third kappa shape index (κ3) is 2.38. The molecule has 1 heterocycles. The second-order valence-electron chi connectivity index (χ2n) is 3.75. The summed E-state index contributed by atoms with van der Waals surface area (Å²) in [6.07, 6.45) is 0.994. The smallest absolute Gasteiger partial charge is 0.325 e. The molecule has 0 amide bonds. The fraction of sp³-hybridized carbons (Fsp3) is 0.417. The third-order valence-electron chi connectivity index (χ3n) is 2.66. The van der Waals surface area contributed by atoms with Gasteiger partial charge in [-0.15, -0.1) is 0 Å². The van der Waals surface area contributed by atoms with E-state index in [1.54, 1.807) is 0 Å². The molecule has 0 spiro atoms. The van der Waals surface area contributed by atoms with Crippen LogP contribution in [0.1, 0.15) is 12.5 Å². The Morgan fingerprint density at radius 1 is 1.56 bits per heavy atom. The highest BCUT2D eigenvalue weighted by Crippen LogP contribution is 2.30. The van der Waals surface area contributed by atoms with Crippen LogP contribution < -0.4 is 4.90 Å². The first kappa shape index (κ1) is 11.5. The molecule has 86 valence electrons. The van der Waals surface area contributed by atoms with Gasteiger partial charge in [0.15, 0.2) is 0 Å². The molecule has 1 aliphatic rings. The van der Waals surface area contributed by atoms with Crippen LogP contribution in [0.4, 0.5) is 5.69 Å². The lowest BCUT2D eigenvalue weighted by Crippen LogP contribution is -2.29. The van der Waals surface area contributed by atoms with Gasteiger partial charge in [0.05, 0.1) is 6.61 Å². The van der Waals surface area contributed by atoms with Crippen LogP contribution >= 0.6 is 15.9 Å². The van der Waals surface area contributed by atoms with Crippen LogP contribution in [0.3, 0.4) is 0 Å². The van der Waals surface area contributed by atoms with Crippen LogP contribution in [-0.2, 0) is 16.0 Å². The highest BCUT2D eigenvalue weighted by molar-refractivity contribution is 9.10. The summed E-state index contributed by atoms with van der Waals surface area (Å²) in [5.41, 5.74) is 2.44. The Morgan fingerprint density at radius 3 is 3.12 bits per heavy atom. The maximum Gasteiger partial charge on any atom is 0.325 e. The predicted octanol–water partition coefficient (Wildman–Crippen LogP) is 2.37. The summed E-state index contributed by atoms with van der Waals surface area (Å²) in [5, 5.41) is 0. The summed E-state index contributed by atoms with van der Waals surface area (Å²) >= 11 is 3.45. The van der Waals surface area contributed by atoms with E-state index in [0.717, 1.165) is 23.1 Å². The van der Waals surface area contributed by atoms with Crippen molar-refractivity contribution in [2.24, 2.45) is 0 Å². The van der Waals surface area contributed by atoms with Crippen molar-refractivity contribution in [3.63, 3.8) is 0 Å². The highest BCUT2D eigenvalue weighted by atomic mass is 79.9. The number of rotatable bonds is 3. The zero-order chi connectivity index (χ0) is 11.5. The number of ether oxygens (including phenoxy) is 1. The van der Waals surface area contributed by atoms with Crippen molar-refractivity contribution >= 4 is 27.6 Å². The fourth-order valence-corrected chi connectivity index (χ4v) is 2.37. The molecule has 0 radical (unpaired) electrons. The summed E-state index contributed by atoms with van der Waals surface area (Å²) in [6, 6.07) is 6.16. The number of hydrogen-bond acceptors (Lipinski definition) is 3. The van der Waals surface area contributed by atoms with Gasteiger partial charge in [0.25, 0.3) is 0 Å².